The Morgan fingerprint density at radius 3 is 2.74 bits per heavy atom. The molecule has 5 nitrogen and oxygen atoms in total. The zero-order valence-corrected chi connectivity index (χ0v) is 11.8. The van der Waals surface area contributed by atoms with E-state index in [0.717, 1.165) is 0 Å². The van der Waals surface area contributed by atoms with Crippen molar-refractivity contribution in [3.05, 3.63) is 47.1 Å². The molecule has 19 heavy (non-hydrogen) atoms. The number of anilines is 2. The number of rotatable bonds is 3. The number of hydrogen-bond donors (Lipinski definition) is 2. The number of methoxy groups -OCH3 is 1. The zero-order chi connectivity index (χ0) is 13.7. The van der Waals surface area contributed by atoms with Gasteiger partial charge in [0.25, 0.3) is 0 Å². The number of benzene rings is 1. The number of halogens is 1. The van der Waals surface area contributed by atoms with E-state index in [2.05, 4.69) is 31.5 Å². The Balaban J connectivity index is 2.08. The van der Waals surface area contributed by atoms with Gasteiger partial charge in [0, 0.05) is 6.20 Å². The molecule has 0 aliphatic rings. The van der Waals surface area contributed by atoms with Crippen molar-refractivity contribution < 1.29 is 9.53 Å². The van der Waals surface area contributed by atoms with Crippen LogP contribution in [0.4, 0.5) is 16.3 Å². The fourth-order valence-corrected chi connectivity index (χ4v) is 1.84. The Labute approximate surface area is 119 Å². The van der Waals surface area contributed by atoms with Crippen LogP contribution in [0.25, 0.3) is 0 Å². The molecule has 0 bridgehead atoms. The Bertz CT molecular complexity index is 590. The van der Waals surface area contributed by atoms with E-state index in [-0.39, 0.29) is 6.03 Å². The number of amides is 2. The molecule has 1 heterocycles. The molecule has 0 fully saturated rings. The number of nitrogens with one attached hydrogen (secondary N) is 2. The van der Waals surface area contributed by atoms with Crippen molar-refractivity contribution in [2.45, 2.75) is 0 Å². The van der Waals surface area contributed by atoms with Crippen LogP contribution in [0.2, 0.25) is 0 Å². The lowest BCUT2D eigenvalue weighted by atomic mass is 10.3. The predicted octanol–water partition coefficient (Wildman–Crippen LogP) is 3.50. The Morgan fingerprint density at radius 1 is 1.21 bits per heavy atom. The van der Waals surface area contributed by atoms with Gasteiger partial charge in [0.2, 0.25) is 0 Å². The summed E-state index contributed by atoms with van der Waals surface area (Å²) in [5, 5.41) is 5.35. The number of carbonyl (C=O) groups excluding carboxylic acids is 1. The van der Waals surface area contributed by atoms with E-state index < -0.39 is 0 Å². The van der Waals surface area contributed by atoms with Crippen LogP contribution in [0.1, 0.15) is 0 Å². The van der Waals surface area contributed by atoms with Gasteiger partial charge >= 0.3 is 6.03 Å². The molecule has 0 atom stereocenters. The minimum atomic E-state index is -0.385. The predicted molar refractivity (Wildman–Crippen MR) is 77.6 cm³/mol. The monoisotopic (exact) mass is 321 g/mol. The maximum absolute atomic E-state index is 11.9. The minimum Gasteiger partial charge on any atom is -0.495 e. The fourth-order valence-electron chi connectivity index (χ4n) is 1.49. The summed E-state index contributed by atoms with van der Waals surface area (Å²) in [6.07, 6.45) is 1.60. The summed E-state index contributed by atoms with van der Waals surface area (Å²) in [5.41, 5.74) is 0.592. The first-order valence-corrected chi connectivity index (χ1v) is 6.31. The summed E-state index contributed by atoms with van der Waals surface area (Å²) in [5.74, 6) is 1.05. The average Bonchev–Trinajstić information content (AvgIpc) is 2.42. The summed E-state index contributed by atoms with van der Waals surface area (Å²) < 4.78 is 5.87. The molecule has 0 unspecified atom stereocenters. The standard InChI is InChI=1S/C13H12BrN3O2/c1-19-11-7-3-2-6-10(11)16-13(18)17-12-9(14)5-4-8-15-12/h2-8H,1H3,(H2,15,16,17,18). The third kappa shape index (κ3) is 3.45. The van der Waals surface area contributed by atoms with E-state index >= 15 is 0 Å². The highest BCUT2D eigenvalue weighted by Gasteiger charge is 2.08. The van der Waals surface area contributed by atoms with Crippen molar-refractivity contribution in [2.75, 3.05) is 17.7 Å². The molecule has 2 rings (SSSR count). The molecule has 98 valence electrons. The first kappa shape index (κ1) is 13.4. The van der Waals surface area contributed by atoms with Gasteiger partial charge < -0.3 is 10.1 Å². The summed E-state index contributed by atoms with van der Waals surface area (Å²) in [6, 6.07) is 10.4. The maximum atomic E-state index is 11.9. The lowest BCUT2D eigenvalue weighted by Gasteiger charge is -2.11. The molecule has 2 aromatic rings. The van der Waals surface area contributed by atoms with Crippen LogP contribution in [0.15, 0.2) is 47.1 Å². The van der Waals surface area contributed by atoms with Crippen LogP contribution in [-0.2, 0) is 0 Å². The normalized spacial score (nSPS) is 9.79. The van der Waals surface area contributed by atoms with Gasteiger partial charge in [0.05, 0.1) is 17.3 Å². The van der Waals surface area contributed by atoms with E-state index in [1.807, 2.05) is 12.1 Å². The van der Waals surface area contributed by atoms with Crippen LogP contribution >= 0.6 is 15.9 Å². The number of urea groups is 1. The second-order valence-electron chi connectivity index (χ2n) is 3.61. The molecule has 2 N–H and O–H groups in total. The van der Waals surface area contributed by atoms with E-state index in [1.54, 1.807) is 37.6 Å². The van der Waals surface area contributed by atoms with Gasteiger partial charge in [-0.25, -0.2) is 9.78 Å². The molecular weight excluding hydrogens is 310 g/mol. The summed E-state index contributed by atoms with van der Waals surface area (Å²) >= 11 is 3.31. The Kier molecular flexibility index (Phi) is 4.35. The largest absolute Gasteiger partial charge is 0.495 e. The first-order valence-electron chi connectivity index (χ1n) is 5.52. The first-order chi connectivity index (χ1) is 9.20. The number of carbonyl (C=O) groups is 1. The van der Waals surface area contributed by atoms with Crippen LogP contribution < -0.4 is 15.4 Å². The summed E-state index contributed by atoms with van der Waals surface area (Å²) in [6.45, 7) is 0. The van der Waals surface area contributed by atoms with Gasteiger partial charge in [0.15, 0.2) is 0 Å². The highest BCUT2D eigenvalue weighted by atomic mass is 79.9. The smallest absolute Gasteiger partial charge is 0.324 e. The van der Waals surface area contributed by atoms with Gasteiger partial charge in [-0.2, -0.15) is 0 Å². The molecular formula is C13H12BrN3O2. The SMILES string of the molecule is COc1ccccc1NC(=O)Nc1ncccc1Br. The summed E-state index contributed by atoms with van der Waals surface area (Å²) in [7, 11) is 1.55. The van der Waals surface area contributed by atoms with Crippen LogP contribution in [0.5, 0.6) is 5.75 Å². The number of hydrogen-bond acceptors (Lipinski definition) is 3. The third-order valence-electron chi connectivity index (χ3n) is 2.35. The Morgan fingerprint density at radius 2 is 2.00 bits per heavy atom. The van der Waals surface area contributed by atoms with Crippen LogP contribution in [-0.4, -0.2) is 18.1 Å². The maximum Gasteiger partial charge on any atom is 0.324 e. The fraction of sp³-hybridized carbons (Fsp3) is 0.0769. The van der Waals surface area contributed by atoms with Crippen LogP contribution in [0.3, 0.4) is 0 Å². The average molecular weight is 322 g/mol. The van der Waals surface area contributed by atoms with Gasteiger partial charge in [-0.05, 0) is 40.2 Å². The van der Waals surface area contributed by atoms with Gasteiger partial charge in [-0.15, -0.1) is 0 Å². The molecule has 0 saturated carbocycles. The number of aromatic nitrogens is 1. The second-order valence-corrected chi connectivity index (χ2v) is 4.47. The van der Waals surface area contributed by atoms with Gasteiger partial charge in [-0.3, -0.25) is 5.32 Å². The third-order valence-corrected chi connectivity index (χ3v) is 2.99. The van der Waals surface area contributed by atoms with Gasteiger partial charge in [-0.1, -0.05) is 12.1 Å². The highest BCUT2D eigenvalue weighted by molar-refractivity contribution is 9.10. The molecule has 0 radical (unpaired) electrons. The molecule has 1 aromatic carbocycles. The lowest BCUT2D eigenvalue weighted by Crippen LogP contribution is -2.20. The number of pyridine rings is 1. The molecule has 1 aromatic heterocycles. The Hall–Kier alpha value is -2.08. The number of nitrogens with zero attached hydrogens (tertiary/aromatic N) is 1. The van der Waals surface area contributed by atoms with Crippen molar-refractivity contribution in [3.63, 3.8) is 0 Å². The number of ether oxygens (including phenoxy) is 1. The van der Waals surface area contributed by atoms with Crippen molar-refractivity contribution in [1.82, 2.24) is 4.98 Å². The highest BCUT2D eigenvalue weighted by Crippen LogP contribution is 2.24. The molecule has 2 amide bonds. The van der Waals surface area contributed by atoms with E-state index in [4.69, 9.17) is 4.74 Å². The van der Waals surface area contributed by atoms with Gasteiger partial charge in [0.1, 0.15) is 11.6 Å². The zero-order valence-electron chi connectivity index (χ0n) is 10.2. The van der Waals surface area contributed by atoms with Crippen molar-refractivity contribution in [3.8, 4) is 5.75 Å². The molecule has 0 aliphatic heterocycles. The minimum absolute atomic E-state index is 0.385. The quantitative estimate of drug-likeness (QED) is 0.909. The topological polar surface area (TPSA) is 63.2 Å². The molecule has 0 aliphatic carbocycles. The van der Waals surface area contributed by atoms with Crippen molar-refractivity contribution in [1.29, 1.82) is 0 Å². The van der Waals surface area contributed by atoms with Crippen LogP contribution in [0, 0.1) is 0 Å². The molecule has 0 spiro atoms. The van der Waals surface area contributed by atoms with Crippen molar-refractivity contribution >= 4 is 33.5 Å². The lowest BCUT2D eigenvalue weighted by molar-refractivity contribution is 0.262. The van der Waals surface area contributed by atoms with E-state index in [9.17, 15) is 4.79 Å². The number of para-hydroxylation sites is 2. The molecule has 6 heteroatoms. The van der Waals surface area contributed by atoms with Crippen molar-refractivity contribution in [2.24, 2.45) is 0 Å². The molecule has 0 saturated heterocycles. The summed E-state index contributed by atoms with van der Waals surface area (Å²) in [4.78, 5) is 15.9. The second kappa shape index (κ2) is 6.19. The van der Waals surface area contributed by atoms with E-state index in [1.165, 1.54) is 0 Å². The van der Waals surface area contributed by atoms with E-state index in [0.29, 0.717) is 21.7 Å².